The second-order valence-electron chi connectivity index (χ2n) is 9.19. The molecule has 3 aromatic rings. The van der Waals surface area contributed by atoms with Crippen molar-refractivity contribution in [1.29, 1.82) is 5.26 Å². The largest absolute Gasteiger partial charge is 0.493 e. The predicted octanol–water partition coefficient (Wildman–Crippen LogP) is 7.14. The smallest absolute Gasteiger partial charge is 0.343 e. The molecule has 8 heteroatoms. The summed E-state index contributed by atoms with van der Waals surface area (Å²) in [6.45, 7) is 2.80. The van der Waals surface area contributed by atoms with E-state index < -0.39 is 11.9 Å². The van der Waals surface area contributed by atoms with Crippen molar-refractivity contribution < 1.29 is 23.7 Å². The molecule has 0 bridgehead atoms. The first-order valence-electron chi connectivity index (χ1n) is 12.9. The first-order chi connectivity index (χ1) is 18.9. The Balaban J connectivity index is 1.57. The molecule has 1 unspecified atom stereocenters. The Bertz CT molecular complexity index is 1400. The van der Waals surface area contributed by atoms with Gasteiger partial charge in [0.15, 0.2) is 11.5 Å². The maximum Gasteiger partial charge on any atom is 0.343 e. The third kappa shape index (κ3) is 6.65. The number of nitrogens with zero attached hydrogens (tertiary/aromatic N) is 1. The number of allylic oxidation sites excluding steroid dienone is 1. The van der Waals surface area contributed by atoms with Crippen molar-refractivity contribution in [3.63, 3.8) is 0 Å². The fraction of sp³-hybridized carbons (Fsp3) is 0.290. The lowest BCUT2D eigenvalue weighted by Gasteiger charge is -2.27. The summed E-state index contributed by atoms with van der Waals surface area (Å²) in [5, 5.41) is 10.4. The lowest BCUT2D eigenvalue weighted by atomic mass is 9.83. The molecule has 0 saturated heterocycles. The van der Waals surface area contributed by atoms with Crippen molar-refractivity contribution >= 4 is 17.6 Å². The van der Waals surface area contributed by atoms with Crippen molar-refractivity contribution in [2.24, 2.45) is 5.73 Å². The molecule has 0 amide bonds. The highest BCUT2D eigenvalue weighted by Gasteiger charge is 2.32. The Morgan fingerprint density at radius 2 is 1.79 bits per heavy atom. The fourth-order valence-electron chi connectivity index (χ4n) is 4.46. The van der Waals surface area contributed by atoms with E-state index in [2.05, 4.69) is 13.0 Å². The van der Waals surface area contributed by atoms with Crippen LogP contribution in [0.4, 0.5) is 0 Å². The topological polar surface area (TPSA) is 104 Å². The molecular weight excluding hydrogens is 516 g/mol. The Morgan fingerprint density at radius 3 is 2.51 bits per heavy atom. The lowest BCUT2D eigenvalue weighted by Crippen LogP contribution is -2.21. The van der Waals surface area contributed by atoms with E-state index in [0.29, 0.717) is 40.0 Å². The van der Waals surface area contributed by atoms with Crippen LogP contribution in [-0.2, 0) is 0 Å². The summed E-state index contributed by atoms with van der Waals surface area (Å²) in [7, 11) is 1.59. The average Bonchev–Trinajstić information content (AvgIpc) is 2.94. The Morgan fingerprint density at radius 1 is 1.03 bits per heavy atom. The van der Waals surface area contributed by atoms with Crippen LogP contribution in [0.15, 0.2) is 72.1 Å². The van der Waals surface area contributed by atoms with Crippen molar-refractivity contribution in [2.75, 3.05) is 13.7 Å². The van der Waals surface area contributed by atoms with E-state index in [0.717, 1.165) is 18.4 Å². The van der Waals surface area contributed by atoms with Crippen LogP contribution < -0.4 is 24.7 Å². The van der Waals surface area contributed by atoms with Gasteiger partial charge in [0.1, 0.15) is 23.1 Å². The van der Waals surface area contributed by atoms with Gasteiger partial charge in [0.05, 0.1) is 25.2 Å². The number of unbranched alkanes of at least 4 members (excludes halogenated alkanes) is 4. The first kappa shape index (κ1) is 27.9. The maximum absolute atomic E-state index is 12.6. The van der Waals surface area contributed by atoms with Crippen LogP contribution in [0.3, 0.4) is 0 Å². The average molecular weight is 547 g/mol. The van der Waals surface area contributed by atoms with E-state index in [9.17, 15) is 10.1 Å². The minimum absolute atomic E-state index is 0.0115. The predicted molar refractivity (Wildman–Crippen MR) is 149 cm³/mol. The second kappa shape index (κ2) is 13.1. The summed E-state index contributed by atoms with van der Waals surface area (Å²) in [6.07, 6.45) is 5.73. The summed E-state index contributed by atoms with van der Waals surface area (Å²) in [5.74, 6) is 0.831. The zero-order valence-corrected chi connectivity index (χ0v) is 22.8. The number of esters is 1. The molecule has 3 aromatic carbocycles. The number of nitrogens with two attached hydrogens (primary N) is 1. The van der Waals surface area contributed by atoms with Gasteiger partial charge in [-0.2, -0.15) is 5.26 Å². The third-order valence-corrected chi connectivity index (χ3v) is 6.76. The molecular formula is C31H31ClN2O5. The normalized spacial score (nSPS) is 14.2. The van der Waals surface area contributed by atoms with E-state index in [1.807, 2.05) is 18.2 Å². The molecule has 1 atom stereocenters. The van der Waals surface area contributed by atoms with Gasteiger partial charge in [-0.15, -0.1) is 0 Å². The summed E-state index contributed by atoms with van der Waals surface area (Å²) in [5.41, 5.74) is 8.30. The Kier molecular flexibility index (Phi) is 9.35. The van der Waals surface area contributed by atoms with Gasteiger partial charge in [-0.25, -0.2) is 4.79 Å². The van der Waals surface area contributed by atoms with Crippen molar-refractivity contribution in [1.82, 2.24) is 0 Å². The number of ether oxygens (including phenoxy) is 4. The number of rotatable bonds is 11. The Labute approximate surface area is 233 Å². The summed E-state index contributed by atoms with van der Waals surface area (Å²) >= 11 is 5.91. The molecule has 1 heterocycles. The molecule has 2 N–H and O–H groups in total. The van der Waals surface area contributed by atoms with E-state index in [1.165, 1.54) is 19.3 Å². The molecule has 4 rings (SSSR count). The van der Waals surface area contributed by atoms with Crippen LogP contribution in [0.5, 0.6) is 23.0 Å². The van der Waals surface area contributed by atoms with E-state index in [-0.39, 0.29) is 17.2 Å². The molecule has 0 aromatic heterocycles. The molecule has 0 saturated carbocycles. The number of methoxy groups -OCH3 is 1. The Hall–Kier alpha value is -4.15. The minimum Gasteiger partial charge on any atom is -0.493 e. The number of carbonyl (C=O) groups excluding carboxylic acids is 1. The maximum atomic E-state index is 12.6. The van der Waals surface area contributed by atoms with Crippen LogP contribution in [0.2, 0.25) is 5.02 Å². The zero-order chi connectivity index (χ0) is 27.8. The van der Waals surface area contributed by atoms with Crippen molar-refractivity contribution in [3.8, 4) is 29.1 Å². The lowest BCUT2D eigenvalue weighted by molar-refractivity contribution is 0.0734. The van der Waals surface area contributed by atoms with Gasteiger partial charge in [-0.3, -0.25) is 0 Å². The van der Waals surface area contributed by atoms with E-state index >= 15 is 0 Å². The SMILES string of the molecule is CCCCCCCOc1ccc(C2C(C#N)=C(N)Oc3cc(OC(=O)c4ccc(Cl)cc4)ccc32)cc1OC. The zero-order valence-electron chi connectivity index (χ0n) is 22.0. The fourth-order valence-corrected chi connectivity index (χ4v) is 4.59. The molecule has 0 spiro atoms. The third-order valence-electron chi connectivity index (χ3n) is 6.51. The monoisotopic (exact) mass is 546 g/mol. The number of fused-ring (bicyclic) bond motifs is 1. The molecule has 1 aliphatic heterocycles. The summed E-state index contributed by atoms with van der Waals surface area (Å²) < 4.78 is 22.9. The molecule has 0 aliphatic carbocycles. The van der Waals surface area contributed by atoms with Gasteiger partial charge in [-0.05, 0) is 54.4 Å². The van der Waals surface area contributed by atoms with Gasteiger partial charge in [0.25, 0.3) is 0 Å². The van der Waals surface area contributed by atoms with Gasteiger partial charge in [-0.1, -0.05) is 56.3 Å². The number of hydrogen-bond donors (Lipinski definition) is 1. The van der Waals surface area contributed by atoms with Crippen LogP contribution >= 0.6 is 11.6 Å². The van der Waals surface area contributed by atoms with Crippen LogP contribution in [0.1, 0.15) is 66.4 Å². The highest BCUT2D eigenvalue weighted by molar-refractivity contribution is 6.30. The highest BCUT2D eigenvalue weighted by Crippen LogP contribution is 2.45. The highest BCUT2D eigenvalue weighted by atomic mass is 35.5. The van der Waals surface area contributed by atoms with Crippen molar-refractivity contribution in [2.45, 2.75) is 44.9 Å². The number of halogens is 1. The van der Waals surface area contributed by atoms with E-state index in [1.54, 1.807) is 49.6 Å². The second-order valence-corrected chi connectivity index (χ2v) is 9.63. The molecule has 1 aliphatic rings. The van der Waals surface area contributed by atoms with Crippen LogP contribution in [0.25, 0.3) is 0 Å². The number of carbonyl (C=O) groups is 1. The number of nitriles is 1. The number of hydrogen-bond acceptors (Lipinski definition) is 7. The van der Waals surface area contributed by atoms with Gasteiger partial charge in [0.2, 0.25) is 5.88 Å². The van der Waals surface area contributed by atoms with Crippen molar-refractivity contribution in [3.05, 3.63) is 93.8 Å². The molecule has 7 nitrogen and oxygen atoms in total. The van der Waals surface area contributed by atoms with Gasteiger partial charge in [0, 0.05) is 16.7 Å². The molecule has 39 heavy (non-hydrogen) atoms. The van der Waals surface area contributed by atoms with Gasteiger partial charge < -0.3 is 24.7 Å². The van der Waals surface area contributed by atoms with E-state index in [4.69, 9.17) is 36.3 Å². The summed E-state index contributed by atoms with van der Waals surface area (Å²) in [4.78, 5) is 12.6. The molecule has 0 radical (unpaired) electrons. The first-order valence-corrected chi connectivity index (χ1v) is 13.3. The van der Waals surface area contributed by atoms with Crippen LogP contribution in [-0.4, -0.2) is 19.7 Å². The standard InChI is InChI=1S/C31H31ClN2O5/c1-3-4-5-6-7-16-37-26-15-10-21(17-28(26)36-2)29-24-14-13-23(18-27(24)39-30(34)25(29)19-33)38-31(35)20-8-11-22(32)12-9-20/h8-15,17-18,29H,3-7,16,34H2,1-2H3. The molecule has 0 fully saturated rings. The molecule has 202 valence electrons. The number of benzene rings is 3. The quantitative estimate of drug-likeness (QED) is 0.155. The van der Waals surface area contributed by atoms with Gasteiger partial charge >= 0.3 is 5.97 Å². The van der Waals surface area contributed by atoms with Crippen LogP contribution in [0, 0.1) is 11.3 Å². The summed E-state index contributed by atoms with van der Waals surface area (Å²) in [6, 6.07) is 19.2. The minimum atomic E-state index is -0.536.